The Balaban J connectivity index is 2.66. The van der Waals surface area contributed by atoms with Crippen LogP contribution in [0.4, 0.5) is 0 Å². The molecule has 0 aliphatic heterocycles. The summed E-state index contributed by atoms with van der Waals surface area (Å²) >= 11 is 3.44. The molecule has 1 atom stereocenters. The molecule has 2 heteroatoms. The lowest BCUT2D eigenvalue weighted by molar-refractivity contribution is 0.0456. The summed E-state index contributed by atoms with van der Waals surface area (Å²) in [6.07, 6.45) is 0.797. The van der Waals surface area contributed by atoms with E-state index in [1.165, 1.54) is 5.56 Å². The minimum absolute atomic E-state index is 0.0829. The first-order valence-electron chi connectivity index (χ1n) is 4.86. The van der Waals surface area contributed by atoms with Gasteiger partial charge in [-0.3, -0.25) is 0 Å². The molecule has 2 rings (SSSR count). The lowest BCUT2D eigenvalue weighted by atomic mass is 9.86. The van der Waals surface area contributed by atoms with Gasteiger partial charge in [0.15, 0.2) is 0 Å². The second kappa shape index (κ2) is 2.83. The van der Waals surface area contributed by atoms with E-state index in [2.05, 4.69) is 35.8 Å². The molecule has 1 aliphatic rings. The van der Waals surface area contributed by atoms with Crippen molar-refractivity contribution in [1.29, 1.82) is 0 Å². The van der Waals surface area contributed by atoms with Gasteiger partial charge in [0.05, 0.1) is 5.60 Å². The van der Waals surface area contributed by atoms with Gasteiger partial charge in [0.25, 0.3) is 0 Å². The van der Waals surface area contributed by atoms with Crippen molar-refractivity contribution >= 4 is 15.9 Å². The van der Waals surface area contributed by atoms with Crippen molar-refractivity contribution in [2.45, 2.75) is 38.2 Å². The number of halogens is 1. The van der Waals surface area contributed by atoms with E-state index in [9.17, 15) is 5.11 Å². The van der Waals surface area contributed by atoms with Crippen LogP contribution in [-0.4, -0.2) is 5.11 Å². The highest BCUT2D eigenvalue weighted by atomic mass is 79.9. The highest BCUT2D eigenvalue weighted by Crippen LogP contribution is 2.48. The Bertz CT molecular complexity index is 380. The van der Waals surface area contributed by atoms with Gasteiger partial charge < -0.3 is 5.11 Å². The third-order valence-electron chi connectivity index (χ3n) is 3.08. The van der Waals surface area contributed by atoms with E-state index in [0.717, 1.165) is 16.5 Å². The molecule has 1 nitrogen and oxygen atoms in total. The van der Waals surface area contributed by atoms with Gasteiger partial charge in [0.1, 0.15) is 0 Å². The zero-order valence-electron chi connectivity index (χ0n) is 8.76. The molecule has 0 radical (unpaired) electrons. The number of fused-ring (bicyclic) bond motifs is 1. The molecular weight excluding hydrogens is 240 g/mol. The molecule has 0 heterocycles. The van der Waals surface area contributed by atoms with Gasteiger partial charge in [-0.25, -0.2) is 0 Å². The summed E-state index contributed by atoms with van der Waals surface area (Å²) in [5.74, 6) is 0. The maximum atomic E-state index is 10.3. The van der Waals surface area contributed by atoms with Crippen LogP contribution in [0.25, 0.3) is 0 Å². The molecule has 1 N–H and O–H groups in total. The zero-order valence-corrected chi connectivity index (χ0v) is 10.4. The van der Waals surface area contributed by atoms with Crippen molar-refractivity contribution in [3.63, 3.8) is 0 Å². The fourth-order valence-electron chi connectivity index (χ4n) is 2.60. The summed E-state index contributed by atoms with van der Waals surface area (Å²) in [5, 5.41) is 10.3. The van der Waals surface area contributed by atoms with Crippen LogP contribution in [0, 0.1) is 0 Å². The molecule has 0 fully saturated rings. The molecule has 1 aliphatic carbocycles. The smallest absolute Gasteiger partial charge is 0.0880 e. The molecule has 0 aromatic heterocycles. The highest BCUT2D eigenvalue weighted by molar-refractivity contribution is 9.10. The highest BCUT2D eigenvalue weighted by Gasteiger charge is 2.43. The average Bonchev–Trinajstić information content (AvgIpc) is 2.17. The van der Waals surface area contributed by atoms with Crippen molar-refractivity contribution in [2.75, 3.05) is 0 Å². The summed E-state index contributed by atoms with van der Waals surface area (Å²) in [5.41, 5.74) is 1.74. The zero-order chi connectivity index (χ0) is 10.6. The maximum Gasteiger partial charge on any atom is 0.0880 e. The van der Waals surface area contributed by atoms with Gasteiger partial charge in [0, 0.05) is 4.47 Å². The van der Waals surface area contributed by atoms with E-state index in [1.807, 2.05) is 19.1 Å². The van der Waals surface area contributed by atoms with Crippen LogP contribution in [0.3, 0.4) is 0 Å². The fraction of sp³-hybridized carbons (Fsp3) is 0.500. The lowest BCUT2D eigenvalue weighted by Crippen LogP contribution is -2.20. The standard InChI is InChI=1S/C12H15BrO/c1-11(2)7-12(3,14)10-6-8(13)4-5-9(10)11/h4-6,14H,7H2,1-3H3. The molecule has 1 unspecified atom stereocenters. The van der Waals surface area contributed by atoms with Gasteiger partial charge in [-0.1, -0.05) is 35.8 Å². The summed E-state index contributed by atoms with van der Waals surface area (Å²) in [6, 6.07) is 6.19. The van der Waals surface area contributed by atoms with Crippen molar-refractivity contribution < 1.29 is 5.11 Å². The first-order chi connectivity index (χ1) is 6.33. The van der Waals surface area contributed by atoms with Crippen molar-refractivity contribution in [1.82, 2.24) is 0 Å². The molecular formula is C12H15BrO. The summed E-state index contributed by atoms with van der Waals surface area (Å²) in [7, 11) is 0. The first kappa shape index (κ1) is 10.2. The van der Waals surface area contributed by atoms with Crippen LogP contribution in [0.2, 0.25) is 0 Å². The number of rotatable bonds is 0. The molecule has 1 aromatic carbocycles. The third kappa shape index (κ3) is 1.41. The van der Waals surface area contributed by atoms with Gasteiger partial charge in [-0.15, -0.1) is 0 Å². The Hall–Kier alpha value is -0.340. The van der Waals surface area contributed by atoms with E-state index in [0.29, 0.717) is 0 Å². The molecule has 0 bridgehead atoms. The van der Waals surface area contributed by atoms with Gasteiger partial charge in [-0.2, -0.15) is 0 Å². The third-order valence-corrected chi connectivity index (χ3v) is 3.57. The quantitative estimate of drug-likeness (QED) is 0.753. The lowest BCUT2D eigenvalue weighted by Gasteiger charge is -2.21. The second-order valence-corrected chi connectivity index (χ2v) is 5.94. The molecule has 0 saturated carbocycles. The number of hydrogen-bond donors (Lipinski definition) is 1. The SMILES string of the molecule is CC1(C)CC(C)(O)c2cc(Br)ccc21. The van der Waals surface area contributed by atoms with Crippen LogP contribution in [0.5, 0.6) is 0 Å². The normalized spacial score (nSPS) is 28.9. The minimum Gasteiger partial charge on any atom is -0.385 e. The van der Waals surface area contributed by atoms with E-state index in [4.69, 9.17) is 0 Å². The number of benzene rings is 1. The minimum atomic E-state index is -0.678. The van der Waals surface area contributed by atoms with Crippen molar-refractivity contribution in [3.05, 3.63) is 33.8 Å². The van der Waals surface area contributed by atoms with Crippen LogP contribution in [-0.2, 0) is 11.0 Å². The Morgan fingerprint density at radius 2 is 1.86 bits per heavy atom. The Morgan fingerprint density at radius 3 is 2.50 bits per heavy atom. The largest absolute Gasteiger partial charge is 0.385 e. The molecule has 0 saturated heterocycles. The number of aliphatic hydroxyl groups is 1. The van der Waals surface area contributed by atoms with Crippen LogP contribution >= 0.6 is 15.9 Å². The van der Waals surface area contributed by atoms with Crippen LogP contribution < -0.4 is 0 Å². The first-order valence-corrected chi connectivity index (χ1v) is 5.65. The monoisotopic (exact) mass is 254 g/mol. The van der Waals surface area contributed by atoms with Crippen LogP contribution in [0.15, 0.2) is 22.7 Å². The van der Waals surface area contributed by atoms with Gasteiger partial charge >= 0.3 is 0 Å². The topological polar surface area (TPSA) is 20.2 Å². The molecule has 1 aromatic rings. The van der Waals surface area contributed by atoms with Crippen molar-refractivity contribution in [3.8, 4) is 0 Å². The fourth-order valence-corrected chi connectivity index (χ4v) is 2.96. The molecule has 0 amide bonds. The average molecular weight is 255 g/mol. The molecule has 0 spiro atoms. The summed E-state index contributed by atoms with van der Waals surface area (Å²) < 4.78 is 1.04. The summed E-state index contributed by atoms with van der Waals surface area (Å²) in [4.78, 5) is 0. The molecule has 76 valence electrons. The maximum absolute atomic E-state index is 10.3. The van der Waals surface area contributed by atoms with Gasteiger partial charge in [0.2, 0.25) is 0 Å². The predicted octanol–water partition coefficient (Wildman–Crippen LogP) is 3.34. The predicted molar refractivity (Wildman–Crippen MR) is 61.4 cm³/mol. The molecule has 14 heavy (non-hydrogen) atoms. The Morgan fingerprint density at radius 1 is 1.21 bits per heavy atom. The second-order valence-electron chi connectivity index (χ2n) is 5.02. The van der Waals surface area contributed by atoms with E-state index in [1.54, 1.807) is 0 Å². The Labute approximate surface area is 93.3 Å². The van der Waals surface area contributed by atoms with Crippen LogP contribution in [0.1, 0.15) is 38.3 Å². The number of hydrogen-bond acceptors (Lipinski definition) is 1. The Kier molecular flexibility index (Phi) is 2.06. The van der Waals surface area contributed by atoms with E-state index in [-0.39, 0.29) is 5.41 Å². The summed E-state index contributed by atoms with van der Waals surface area (Å²) in [6.45, 7) is 6.26. The van der Waals surface area contributed by atoms with Gasteiger partial charge in [-0.05, 0) is 42.0 Å². The van der Waals surface area contributed by atoms with E-state index < -0.39 is 5.60 Å². The van der Waals surface area contributed by atoms with Crippen molar-refractivity contribution in [2.24, 2.45) is 0 Å². The van der Waals surface area contributed by atoms with E-state index >= 15 is 0 Å².